The van der Waals surface area contributed by atoms with Crippen molar-refractivity contribution >= 4 is 28.1 Å². The number of aryl methyl sites for hydroxylation is 1. The zero-order chi connectivity index (χ0) is 13.4. The third-order valence-corrected chi connectivity index (χ3v) is 4.18. The highest BCUT2D eigenvalue weighted by atomic mass is 32.1. The van der Waals surface area contributed by atoms with Crippen LogP contribution in [0.5, 0.6) is 0 Å². The first-order chi connectivity index (χ1) is 9.15. The number of aromatic nitrogens is 1. The SMILES string of the molecule is Cc1nc(-c2ccc3ccccc3c2)sc1C(=O)O. The second-order valence-electron chi connectivity index (χ2n) is 4.30. The van der Waals surface area contributed by atoms with E-state index in [1.807, 2.05) is 36.4 Å². The maximum Gasteiger partial charge on any atom is 0.347 e. The number of carbonyl (C=O) groups is 1. The van der Waals surface area contributed by atoms with Crippen molar-refractivity contribution in [2.75, 3.05) is 0 Å². The first-order valence-corrected chi connectivity index (χ1v) is 6.67. The third-order valence-electron chi connectivity index (χ3n) is 2.99. The second kappa shape index (κ2) is 4.48. The Morgan fingerprint density at radius 2 is 1.89 bits per heavy atom. The third kappa shape index (κ3) is 2.11. The van der Waals surface area contributed by atoms with Gasteiger partial charge in [-0.1, -0.05) is 36.4 Å². The highest BCUT2D eigenvalue weighted by molar-refractivity contribution is 7.17. The van der Waals surface area contributed by atoms with Crippen molar-refractivity contribution in [2.45, 2.75) is 6.92 Å². The maximum atomic E-state index is 11.0. The Labute approximate surface area is 114 Å². The van der Waals surface area contributed by atoms with Crippen molar-refractivity contribution in [3.8, 4) is 10.6 Å². The van der Waals surface area contributed by atoms with Crippen LogP contribution < -0.4 is 0 Å². The van der Waals surface area contributed by atoms with Crippen LogP contribution in [0.3, 0.4) is 0 Å². The van der Waals surface area contributed by atoms with Gasteiger partial charge < -0.3 is 5.11 Å². The van der Waals surface area contributed by atoms with Crippen LogP contribution in [0.15, 0.2) is 42.5 Å². The van der Waals surface area contributed by atoms with Crippen LogP contribution in [-0.2, 0) is 0 Å². The number of hydrogen-bond donors (Lipinski definition) is 1. The summed E-state index contributed by atoms with van der Waals surface area (Å²) < 4.78 is 0. The highest BCUT2D eigenvalue weighted by Crippen LogP contribution is 2.30. The Kier molecular flexibility index (Phi) is 2.80. The van der Waals surface area contributed by atoms with Gasteiger partial charge in [0.2, 0.25) is 0 Å². The first kappa shape index (κ1) is 11.9. The van der Waals surface area contributed by atoms with Crippen molar-refractivity contribution in [2.24, 2.45) is 0 Å². The number of carboxylic acids is 1. The molecule has 3 aromatic rings. The lowest BCUT2D eigenvalue weighted by Gasteiger charge is -2.00. The van der Waals surface area contributed by atoms with Crippen LogP contribution in [-0.4, -0.2) is 16.1 Å². The van der Waals surface area contributed by atoms with Gasteiger partial charge in [0.15, 0.2) is 0 Å². The smallest absolute Gasteiger partial charge is 0.347 e. The van der Waals surface area contributed by atoms with E-state index >= 15 is 0 Å². The molecule has 0 atom stereocenters. The molecule has 19 heavy (non-hydrogen) atoms. The van der Waals surface area contributed by atoms with Gasteiger partial charge in [-0.25, -0.2) is 9.78 Å². The molecule has 0 amide bonds. The molecule has 0 aliphatic carbocycles. The summed E-state index contributed by atoms with van der Waals surface area (Å²) in [5.41, 5.74) is 1.53. The molecule has 0 bridgehead atoms. The topological polar surface area (TPSA) is 50.2 Å². The zero-order valence-electron chi connectivity index (χ0n) is 10.3. The van der Waals surface area contributed by atoms with E-state index in [9.17, 15) is 4.79 Å². The summed E-state index contributed by atoms with van der Waals surface area (Å²) in [5, 5.41) is 12.1. The molecular formula is C15H11NO2S. The maximum absolute atomic E-state index is 11.0. The number of aromatic carboxylic acids is 1. The van der Waals surface area contributed by atoms with Gasteiger partial charge in [0.05, 0.1) is 5.69 Å². The van der Waals surface area contributed by atoms with E-state index in [1.54, 1.807) is 6.92 Å². The molecule has 2 aromatic carbocycles. The van der Waals surface area contributed by atoms with E-state index < -0.39 is 5.97 Å². The van der Waals surface area contributed by atoms with Crippen molar-refractivity contribution in [3.63, 3.8) is 0 Å². The summed E-state index contributed by atoms with van der Waals surface area (Å²) in [6.45, 7) is 1.73. The molecular weight excluding hydrogens is 258 g/mol. The lowest BCUT2D eigenvalue weighted by Crippen LogP contribution is -1.94. The minimum absolute atomic E-state index is 0.308. The number of nitrogens with zero attached hydrogens (tertiary/aromatic N) is 1. The molecule has 0 aliphatic heterocycles. The average molecular weight is 269 g/mol. The molecule has 4 heteroatoms. The monoisotopic (exact) mass is 269 g/mol. The van der Waals surface area contributed by atoms with Gasteiger partial charge in [0.25, 0.3) is 0 Å². The largest absolute Gasteiger partial charge is 0.477 e. The zero-order valence-corrected chi connectivity index (χ0v) is 11.1. The summed E-state index contributed by atoms with van der Waals surface area (Å²) in [6.07, 6.45) is 0. The normalized spacial score (nSPS) is 10.8. The number of rotatable bonds is 2. The number of hydrogen-bond acceptors (Lipinski definition) is 3. The fourth-order valence-corrected chi connectivity index (χ4v) is 2.94. The van der Waals surface area contributed by atoms with Crippen molar-refractivity contribution < 1.29 is 9.90 Å². The minimum Gasteiger partial charge on any atom is -0.477 e. The molecule has 0 aliphatic rings. The highest BCUT2D eigenvalue weighted by Gasteiger charge is 2.14. The Morgan fingerprint density at radius 1 is 1.16 bits per heavy atom. The first-order valence-electron chi connectivity index (χ1n) is 5.85. The van der Waals surface area contributed by atoms with Crippen LogP contribution in [0.4, 0.5) is 0 Å². The fraction of sp³-hybridized carbons (Fsp3) is 0.0667. The number of thiazole rings is 1. The van der Waals surface area contributed by atoms with Crippen molar-refractivity contribution in [3.05, 3.63) is 53.0 Å². The van der Waals surface area contributed by atoms with E-state index in [-0.39, 0.29) is 0 Å². The predicted molar refractivity (Wildman–Crippen MR) is 76.8 cm³/mol. The molecule has 1 N–H and O–H groups in total. The van der Waals surface area contributed by atoms with E-state index in [1.165, 1.54) is 11.3 Å². The van der Waals surface area contributed by atoms with Gasteiger partial charge in [-0.2, -0.15) is 0 Å². The summed E-state index contributed by atoms with van der Waals surface area (Å²) in [6, 6.07) is 14.1. The van der Waals surface area contributed by atoms with Crippen LogP contribution in [0.25, 0.3) is 21.3 Å². The molecule has 0 unspecified atom stereocenters. The van der Waals surface area contributed by atoms with Crippen LogP contribution in [0.1, 0.15) is 15.4 Å². The molecule has 0 fully saturated rings. The van der Waals surface area contributed by atoms with Gasteiger partial charge in [0, 0.05) is 5.56 Å². The van der Waals surface area contributed by atoms with E-state index in [0.29, 0.717) is 10.6 Å². The van der Waals surface area contributed by atoms with Gasteiger partial charge in [-0.3, -0.25) is 0 Å². The molecule has 0 saturated carbocycles. The summed E-state index contributed by atoms with van der Waals surface area (Å²) in [4.78, 5) is 15.7. The Bertz CT molecular complexity index is 777. The number of carboxylic acid groups (broad SMARTS) is 1. The lowest BCUT2D eigenvalue weighted by molar-refractivity contribution is 0.0701. The molecule has 0 spiro atoms. The molecule has 0 saturated heterocycles. The van der Waals surface area contributed by atoms with Gasteiger partial charge in [0.1, 0.15) is 9.88 Å². The molecule has 1 heterocycles. The summed E-state index contributed by atoms with van der Waals surface area (Å²) in [5.74, 6) is -0.915. The minimum atomic E-state index is -0.915. The Morgan fingerprint density at radius 3 is 2.58 bits per heavy atom. The fourth-order valence-electron chi connectivity index (χ4n) is 2.04. The molecule has 3 nitrogen and oxygen atoms in total. The van der Waals surface area contributed by atoms with Gasteiger partial charge in [-0.15, -0.1) is 11.3 Å². The van der Waals surface area contributed by atoms with Gasteiger partial charge >= 0.3 is 5.97 Å². The van der Waals surface area contributed by atoms with Crippen molar-refractivity contribution in [1.82, 2.24) is 4.98 Å². The lowest BCUT2D eigenvalue weighted by atomic mass is 10.1. The van der Waals surface area contributed by atoms with E-state index in [0.717, 1.165) is 21.3 Å². The quantitative estimate of drug-likeness (QED) is 0.765. The van der Waals surface area contributed by atoms with Crippen LogP contribution in [0.2, 0.25) is 0 Å². The van der Waals surface area contributed by atoms with Crippen LogP contribution >= 0.6 is 11.3 Å². The van der Waals surface area contributed by atoms with E-state index in [2.05, 4.69) is 11.1 Å². The van der Waals surface area contributed by atoms with Crippen molar-refractivity contribution in [1.29, 1.82) is 0 Å². The predicted octanol–water partition coefficient (Wildman–Crippen LogP) is 3.97. The number of benzene rings is 2. The molecule has 1 aromatic heterocycles. The Balaban J connectivity index is 2.13. The standard InChI is InChI=1S/C15H11NO2S/c1-9-13(15(17)18)19-14(16-9)12-7-6-10-4-2-3-5-11(10)8-12/h2-8H,1H3,(H,17,18). The molecule has 0 radical (unpaired) electrons. The van der Waals surface area contributed by atoms with Gasteiger partial charge in [-0.05, 0) is 23.8 Å². The van der Waals surface area contributed by atoms with Crippen LogP contribution in [0, 0.1) is 6.92 Å². The molecule has 3 rings (SSSR count). The molecule has 94 valence electrons. The van der Waals surface area contributed by atoms with E-state index in [4.69, 9.17) is 5.11 Å². The second-order valence-corrected chi connectivity index (χ2v) is 5.30. The number of fused-ring (bicyclic) bond motifs is 1. The average Bonchev–Trinajstić information content (AvgIpc) is 2.80. The summed E-state index contributed by atoms with van der Waals surface area (Å²) in [7, 11) is 0. The Hall–Kier alpha value is -2.20. The summed E-state index contributed by atoms with van der Waals surface area (Å²) >= 11 is 1.22.